The van der Waals surface area contributed by atoms with E-state index in [4.69, 9.17) is 0 Å². The van der Waals surface area contributed by atoms with Crippen molar-refractivity contribution in [2.75, 3.05) is 11.9 Å². The number of nitrogens with zero attached hydrogens (tertiary/aromatic N) is 4. The van der Waals surface area contributed by atoms with Crippen LogP contribution in [0.2, 0.25) is 0 Å². The topological polar surface area (TPSA) is 80.1 Å². The van der Waals surface area contributed by atoms with Crippen molar-refractivity contribution in [1.29, 1.82) is 0 Å². The SMILES string of the molecule is CC(=O)Nc1nc(C(=O)N2CCC[C@H]2Cn2cc(C)cn2)cs1. The Morgan fingerprint density at radius 1 is 1.48 bits per heavy atom. The molecule has 0 unspecified atom stereocenters. The van der Waals surface area contributed by atoms with Gasteiger partial charge in [-0.15, -0.1) is 11.3 Å². The van der Waals surface area contributed by atoms with Crippen LogP contribution in [-0.2, 0) is 11.3 Å². The summed E-state index contributed by atoms with van der Waals surface area (Å²) in [5.41, 5.74) is 1.50. The number of carbonyl (C=O) groups excluding carboxylic acids is 2. The maximum Gasteiger partial charge on any atom is 0.273 e. The van der Waals surface area contributed by atoms with Crippen molar-refractivity contribution in [3.05, 3.63) is 29.0 Å². The average molecular weight is 333 g/mol. The molecule has 0 aliphatic carbocycles. The summed E-state index contributed by atoms with van der Waals surface area (Å²) >= 11 is 1.27. The van der Waals surface area contributed by atoms with Gasteiger partial charge in [-0.1, -0.05) is 0 Å². The van der Waals surface area contributed by atoms with Crippen LogP contribution in [0.3, 0.4) is 0 Å². The van der Waals surface area contributed by atoms with Crippen LogP contribution in [0.25, 0.3) is 0 Å². The van der Waals surface area contributed by atoms with Gasteiger partial charge < -0.3 is 10.2 Å². The van der Waals surface area contributed by atoms with Crippen LogP contribution in [0.1, 0.15) is 35.8 Å². The second kappa shape index (κ2) is 6.49. The highest BCUT2D eigenvalue weighted by atomic mass is 32.1. The standard InChI is InChI=1S/C15H19N5O2S/c1-10-6-16-19(7-10)8-12-4-3-5-20(12)14(22)13-9-23-15(18-13)17-11(2)21/h6-7,9,12H,3-5,8H2,1-2H3,(H,17,18,21)/t12-/m0/s1. The second-order valence-corrected chi connectivity index (χ2v) is 6.61. The molecule has 1 N–H and O–H groups in total. The number of hydrogen-bond acceptors (Lipinski definition) is 5. The van der Waals surface area contributed by atoms with Crippen molar-refractivity contribution >= 4 is 28.3 Å². The smallest absolute Gasteiger partial charge is 0.273 e. The van der Waals surface area contributed by atoms with Gasteiger partial charge in [0.15, 0.2) is 5.13 Å². The minimum atomic E-state index is -0.188. The molecule has 1 fully saturated rings. The van der Waals surface area contributed by atoms with Crippen molar-refractivity contribution < 1.29 is 9.59 Å². The third kappa shape index (κ3) is 3.58. The van der Waals surface area contributed by atoms with E-state index in [0.717, 1.165) is 24.9 Å². The summed E-state index contributed by atoms with van der Waals surface area (Å²) in [4.78, 5) is 29.8. The zero-order valence-electron chi connectivity index (χ0n) is 13.2. The maximum absolute atomic E-state index is 12.7. The third-order valence-electron chi connectivity index (χ3n) is 3.80. The van der Waals surface area contributed by atoms with Crippen molar-refractivity contribution in [3.8, 4) is 0 Å². The fraction of sp³-hybridized carbons (Fsp3) is 0.467. The number of nitrogens with one attached hydrogen (secondary N) is 1. The zero-order valence-corrected chi connectivity index (χ0v) is 14.0. The molecule has 1 aliphatic heterocycles. The van der Waals surface area contributed by atoms with Gasteiger partial charge in [0, 0.05) is 25.0 Å². The molecule has 1 atom stereocenters. The molecule has 0 spiro atoms. The minimum absolute atomic E-state index is 0.0794. The molecule has 2 aromatic rings. The molecule has 0 radical (unpaired) electrons. The number of anilines is 1. The molecule has 8 heteroatoms. The number of carbonyl (C=O) groups is 2. The number of rotatable bonds is 4. The van der Waals surface area contributed by atoms with E-state index in [2.05, 4.69) is 15.4 Å². The minimum Gasteiger partial charge on any atom is -0.332 e. The Morgan fingerprint density at radius 2 is 2.30 bits per heavy atom. The number of amides is 2. The van der Waals surface area contributed by atoms with Crippen LogP contribution >= 0.6 is 11.3 Å². The zero-order chi connectivity index (χ0) is 16.4. The first kappa shape index (κ1) is 15.7. The highest BCUT2D eigenvalue weighted by Crippen LogP contribution is 2.23. The monoisotopic (exact) mass is 333 g/mol. The van der Waals surface area contributed by atoms with Crippen molar-refractivity contribution in [2.45, 2.75) is 39.3 Å². The summed E-state index contributed by atoms with van der Waals surface area (Å²) in [6.07, 6.45) is 5.76. The summed E-state index contributed by atoms with van der Waals surface area (Å²) in [6, 6.07) is 0.132. The van der Waals surface area contributed by atoms with Gasteiger partial charge in [-0.2, -0.15) is 5.10 Å². The van der Waals surface area contributed by atoms with E-state index < -0.39 is 0 Å². The number of thiazole rings is 1. The molecule has 3 rings (SSSR count). The number of aromatic nitrogens is 3. The molecule has 0 aromatic carbocycles. The van der Waals surface area contributed by atoms with Gasteiger partial charge in [0.2, 0.25) is 5.91 Å². The lowest BCUT2D eigenvalue weighted by Crippen LogP contribution is -2.38. The molecular formula is C15H19N5O2S. The molecule has 122 valence electrons. The number of hydrogen-bond donors (Lipinski definition) is 1. The van der Waals surface area contributed by atoms with E-state index in [1.165, 1.54) is 18.3 Å². The first-order valence-electron chi connectivity index (χ1n) is 7.56. The largest absolute Gasteiger partial charge is 0.332 e. The van der Waals surface area contributed by atoms with Crippen LogP contribution in [0.15, 0.2) is 17.8 Å². The fourth-order valence-electron chi connectivity index (χ4n) is 2.80. The first-order chi connectivity index (χ1) is 11.0. The quantitative estimate of drug-likeness (QED) is 0.927. The van der Waals surface area contributed by atoms with Crippen LogP contribution < -0.4 is 5.32 Å². The van der Waals surface area contributed by atoms with Gasteiger partial charge in [-0.25, -0.2) is 4.98 Å². The highest BCUT2D eigenvalue weighted by Gasteiger charge is 2.31. The summed E-state index contributed by atoms with van der Waals surface area (Å²) in [5, 5.41) is 9.06. The lowest BCUT2D eigenvalue weighted by atomic mass is 10.2. The maximum atomic E-state index is 12.7. The Bertz CT molecular complexity index is 723. The van der Waals surface area contributed by atoms with Crippen LogP contribution in [0.4, 0.5) is 5.13 Å². The van der Waals surface area contributed by atoms with E-state index >= 15 is 0 Å². The molecule has 0 bridgehead atoms. The number of likely N-dealkylation sites (tertiary alicyclic amines) is 1. The Kier molecular flexibility index (Phi) is 4.42. The summed E-state index contributed by atoms with van der Waals surface area (Å²) in [5.74, 6) is -0.268. The normalized spacial score (nSPS) is 17.5. The lowest BCUT2D eigenvalue weighted by molar-refractivity contribution is -0.114. The van der Waals surface area contributed by atoms with Crippen LogP contribution in [0, 0.1) is 6.92 Å². The van der Waals surface area contributed by atoms with Gasteiger partial charge in [-0.05, 0) is 25.3 Å². The van der Waals surface area contributed by atoms with Crippen molar-refractivity contribution in [1.82, 2.24) is 19.7 Å². The van der Waals surface area contributed by atoms with E-state index in [-0.39, 0.29) is 17.9 Å². The predicted molar refractivity (Wildman–Crippen MR) is 87.4 cm³/mol. The fourth-order valence-corrected chi connectivity index (χ4v) is 3.53. The molecule has 2 amide bonds. The van der Waals surface area contributed by atoms with E-state index in [1.807, 2.05) is 28.9 Å². The Morgan fingerprint density at radius 3 is 3.00 bits per heavy atom. The second-order valence-electron chi connectivity index (χ2n) is 5.75. The summed E-state index contributed by atoms with van der Waals surface area (Å²) in [7, 11) is 0. The summed E-state index contributed by atoms with van der Waals surface area (Å²) < 4.78 is 1.88. The lowest BCUT2D eigenvalue weighted by Gasteiger charge is -2.23. The van der Waals surface area contributed by atoms with E-state index in [0.29, 0.717) is 17.4 Å². The molecule has 0 saturated carbocycles. The van der Waals surface area contributed by atoms with Gasteiger partial charge in [0.1, 0.15) is 5.69 Å². The van der Waals surface area contributed by atoms with E-state index in [1.54, 1.807) is 5.38 Å². The molecule has 2 aromatic heterocycles. The highest BCUT2D eigenvalue weighted by molar-refractivity contribution is 7.14. The van der Waals surface area contributed by atoms with Crippen molar-refractivity contribution in [3.63, 3.8) is 0 Å². The summed E-state index contributed by atoms with van der Waals surface area (Å²) in [6.45, 7) is 4.85. The average Bonchev–Trinajstić information content (AvgIpc) is 3.20. The molecule has 7 nitrogen and oxygen atoms in total. The van der Waals surface area contributed by atoms with E-state index in [9.17, 15) is 9.59 Å². The van der Waals surface area contributed by atoms with Gasteiger partial charge in [0.25, 0.3) is 5.91 Å². The predicted octanol–water partition coefficient (Wildman–Crippen LogP) is 1.91. The molecule has 23 heavy (non-hydrogen) atoms. The Hall–Kier alpha value is -2.22. The van der Waals surface area contributed by atoms with Crippen LogP contribution in [-0.4, -0.2) is 44.1 Å². The Balaban J connectivity index is 1.70. The van der Waals surface area contributed by atoms with Gasteiger partial charge in [0.05, 0.1) is 18.8 Å². The molecule has 1 aliphatic rings. The third-order valence-corrected chi connectivity index (χ3v) is 4.56. The van der Waals surface area contributed by atoms with Gasteiger partial charge >= 0.3 is 0 Å². The number of aryl methyl sites for hydroxylation is 1. The molecule has 1 saturated heterocycles. The van der Waals surface area contributed by atoms with Crippen molar-refractivity contribution in [2.24, 2.45) is 0 Å². The van der Waals surface area contributed by atoms with Gasteiger partial charge in [-0.3, -0.25) is 14.3 Å². The van der Waals surface area contributed by atoms with Crippen LogP contribution in [0.5, 0.6) is 0 Å². The molecular weight excluding hydrogens is 314 g/mol. The Labute approximate surface area is 138 Å². The molecule has 3 heterocycles. The first-order valence-corrected chi connectivity index (χ1v) is 8.44.